The first kappa shape index (κ1) is 37.5. The van der Waals surface area contributed by atoms with Crippen LogP contribution in [0.4, 0.5) is 0 Å². The van der Waals surface area contributed by atoms with Gasteiger partial charge in [0, 0.05) is 35.3 Å². The van der Waals surface area contributed by atoms with E-state index < -0.39 is 34.7 Å². The van der Waals surface area contributed by atoms with Crippen LogP contribution in [0.1, 0.15) is 157 Å². The van der Waals surface area contributed by atoms with Crippen molar-refractivity contribution >= 4 is 17.8 Å². The Hall–Kier alpha value is -1.67. The molecule has 2 fully saturated rings. The van der Waals surface area contributed by atoms with Crippen molar-refractivity contribution in [1.29, 1.82) is 0 Å². The molecule has 0 bridgehead atoms. The monoisotopic (exact) mass is 607 g/mol. The van der Waals surface area contributed by atoms with Crippen molar-refractivity contribution in [3.05, 3.63) is 0 Å². The van der Waals surface area contributed by atoms with E-state index in [1.165, 1.54) is 64.2 Å². The number of hydrogen-bond donors (Lipinski definition) is 2. The third kappa shape index (κ3) is 12.7. The molecule has 250 valence electrons. The van der Waals surface area contributed by atoms with Crippen LogP contribution in [-0.2, 0) is 23.9 Å². The molecule has 43 heavy (non-hydrogen) atoms. The number of hydrogen-bond acceptors (Lipinski definition) is 6. The van der Waals surface area contributed by atoms with E-state index in [0.717, 1.165) is 38.5 Å². The van der Waals surface area contributed by atoms with E-state index in [1.54, 1.807) is 13.8 Å². The summed E-state index contributed by atoms with van der Waals surface area (Å²) in [6, 6.07) is 0. The summed E-state index contributed by atoms with van der Waals surface area (Å²) >= 11 is 0. The summed E-state index contributed by atoms with van der Waals surface area (Å²) in [7, 11) is 0. The zero-order chi connectivity index (χ0) is 31.9. The topological polar surface area (TPSA) is 117 Å². The largest absolute Gasteiger partial charge is 0.550 e. The van der Waals surface area contributed by atoms with Crippen LogP contribution in [0.5, 0.6) is 0 Å². The molecule has 2 rings (SSSR count). The van der Waals surface area contributed by atoms with Crippen LogP contribution in [0.15, 0.2) is 0 Å². The highest BCUT2D eigenvalue weighted by Gasteiger charge is 2.47. The van der Waals surface area contributed by atoms with Crippen LogP contribution in [0, 0.1) is 17.3 Å². The molecule has 2 aliphatic rings. The molecule has 0 aromatic rings. The number of aliphatic carboxylic acids is 1. The SMILES string of the molecule is CCCCCCCCCCCCCCC(C)C(=O)NC1(C(CNC(=O)C2OC(C)(C)OCC2(C)C)C(=O)[O-])CCCCC1. The highest BCUT2D eigenvalue weighted by molar-refractivity contribution is 5.83. The Balaban J connectivity index is 1.85. The Kier molecular flexibility index (Phi) is 16.0. The van der Waals surface area contributed by atoms with Crippen LogP contribution in [0.25, 0.3) is 0 Å². The summed E-state index contributed by atoms with van der Waals surface area (Å²) in [4.78, 5) is 39.1. The maximum Gasteiger partial charge on any atom is 0.249 e. The molecule has 1 saturated heterocycles. The number of carbonyl (C=O) groups is 3. The second-order valence-corrected chi connectivity index (χ2v) is 14.6. The maximum atomic E-state index is 13.4. The number of carboxylic acids is 1. The van der Waals surface area contributed by atoms with E-state index in [0.29, 0.717) is 19.4 Å². The molecule has 1 aliphatic heterocycles. The molecule has 8 heteroatoms. The van der Waals surface area contributed by atoms with Gasteiger partial charge in [-0.2, -0.15) is 0 Å². The number of carbonyl (C=O) groups excluding carboxylic acids is 3. The summed E-state index contributed by atoms with van der Waals surface area (Å²) in [5.41, 5.74) is -1.51. The van der Waals surface area contributed by atoms with Gasteiger partial charge in [-0.1, -0.05) is 124 Å². The number of carboxylic acid groups (broad SMARTS) is 1. The van der Waals surface area contributed by atoms with E-state index in [2.05, 4.69) is 17.6 Å². The molecule has 1 saturated carbocycles. The second-order valence-electron chi connectivity index (χ2n) is 14.6. The third-order valence-electron chi connectivity index (χ3n) is 9.63. The van der Waals surface area contributed by atoms with E-state index in [-0.39, 0.29) is 24.3 Å². The molecule has 3 atom stereocenters. The molecule has 0 aromatic carbocycles. The van der Waals surface area contributed by atoms with Gasteiger partial charge in [-0.3, -0.25) is 9.59 Å². The smallest absolute Gasteiger partial charge is 0.249 e. The van der Waals surface area contributed by atoms with Gasteiger partial charge >= 0.3 is 0 Å². The van der Waals surface area contributed by atoms with Crippen molar-refractivity contribution in [2.45, 2.75) is 175 Å². The average molecular weight is 608 g/mol. The molecule has 3 unspecified atom stereocenters. The number of rotatable bonds is 20. The summed E-state index contributed by atoms with van der Waals surface area (Å²) in [5.74, 6) is -3.85. The Labute approximate surface area is 262 Å². The number of nitrogens with one attached hydrogen (secondary N) is 2. The molecule has 1 heterocycles. The standard InChI is InChI=1S/C35H64N2O6/c1-7-8-9-10-11-12-13-14-15-16-17-19-22-27(2)30(38)37-35(23-20-18-21-24-35)28(32(40)41)25-36-31(39)29-33(3,4)26-42-34(5,6)43-29/h27-29H,7-26H2,1-6H3,(H,36,39)(H,37,38)(H,40,41)/p-1. The van der Waals surface area contributed by atoms with Gasteiger partial charge in [-0.25, -0.2) is 0 Å². The molecule has 0 aromatic heterocycles. The van der Waals surface area contributed by atoms with Crippen LogP contribution in [0.2, 0.25) is 0 Å². The van der Waals surface area contributed by atoms with Crippen LogP contribution in [-0.4, -0.2) is 48.4 Å². The van der Waals surface area contributed by atoms with Crippen LogP contribution < -0.4 is 15.7 Å². The minimum atomic E-state index is -1.25. The molecule has 2 N–H and O–H groups in total. The summed E-state index contributed by atoms with van der Waals surface area (Å²) in [6.45, 7) is 11.7. The van der Waals surface area contributed by atoms with Crippen molar-refractivity contribution < 1.29 is 29.0 Å². The first-order valence-electron chi connectivity index (χ1n) is 17.5. The second kappa shape index (κ2) is 18.3. The van der Waals surface area contributed by atoms with Gasteiger partial charge in [0.05, 0.1) is 6.61 Å². The average Bonchev–Trinajstić information content (AvgIpc) is 2.95. The number of amides is 2. The van der Waals surface area contributed by atoms with Gasteiger partial charge in [-0.05, 0) is 33.1 Å². The lowest BCUT2D eigenvalue weighted by Crippen LogP contribution is -2.64. The predicted molar refractivity (Wildman–Crippen MR) is 169 cm³/mol. The Morgan fingerprint density at radius 1 is 0.837 bits per heavy atom. The zero-order valence-corrected chi connectivity index (χ0v) is 28.3. The zero-order valence-electron chi connectivity index (χ0n) is 28.3. The van der Waals surface area contributed by atoms with Crippen molar-refractivity contribution in [2.75, 3.05) is 13.2 Å². The summed E-state index contributed by atoms with van der Waals surface area (Å²) in [6.07, 6.45) is 19.1. The highest BCUT2D eigenvalue weighted by Crippen LogP contribution is 2.37. The summed E-state index contributed by atoms with van der Waals surface area (Å²) < 4.78 is 11.7. The van der Waals surface area contributed by atoms with Gasteiger partial charge < -0.3 is 30.0 Å². The quantitative estimate of drug-likeness (QED) is 0.159. The minimum Gasteiger partial charge on any atom is -0.550 e. The van der Waals surface area contributed by atoms with Crippen molar-refractivity contribution in [1.82, 2.24) is 10.6 Å². The van der Waals surface area contributed by atoms with Gasteiger partial charge in [0.1, 0.15) is 6.10 Å². The lowest BCUT2D eigenvalue weighted by atomic mass is 9.72. The molecule has 1 aliphatic carbocycles. The Bertz CT molecular complexity index is 851. The van der Waals surface area contributed by atoms with E-state index in [1.807, 2.05) is 20.8 Å². The van der Waals surface area contributed by atoms with Crippen molar-refractivity contribution in [3.63, 3.8) is 0 Å². The van der Waals surface area contributed by atoms with Gasteiger partial charge in [-0.15, -0.1) is 0 Å². The highest BCUT2D eigenvalue weighted by atomic mass is 16.7. The Morgan fingerprint density at radius 3 is 1.91 bits per heavy atom. The Morgan fingerprint density at radius 2 is 1.37 bits per heavy atom. The van der Waals surface area contributed by atoms with Crippen molar-refractivity contribution in [2.24, 2.45) is 17.3 Å². The molecule has 8 nitrogen and oxygen atoms in total. The lowest BCUT2D eigenvalue weighted by Gasteiger charge is -2.46. The molecular weight excluding hydrogens is 544 g/mol. The molecule has 0 radical (unpaired) electrons. The first-order valence-corrected chi connectivity index (χ1v) is 17.5. The van der Waals surface area contributed by atoms with Crippen LogP contribution >= 0.6 is 0 Å². The van der Waals surface area contributed by atoms with E-state index in [4.69, 9.17) is 9.47 Å². The number of ether oxygens (including phenoxy) is 2. The first-order chi connectivity index (χ1) is 20.3. The van der Waals surface area contributed by atoms with Gasteiger partial charge in [0.15, 0.2) is 5.79 Å². The van der Waals surface area contributed by atoms with Crippen molar-refractivity contribution in [3.8, 4) is 0 Å². The van der Waals surface area contributed by atoms with Crippen LogP contribution in [0.3, 0.4) is 0 Å². The third-order valence-corrected chi connectivity index (χ3v) is 9.63. The fourth-order valence-electron chi connectivity index (χ4n) is 6.66. The van der Waals surface area contributed by atoms with E-state index >= 15 is 0 Å². The van der Waals surface area contributed by atoms with E-state index in [9.17, 15) is 19.5 Å². The van der Waals surface area contributed by atoms with Gasteiger partial charge in [0.2, 0.25) is 11.8 Å². The molecular formula is C35H63N2O6-. The normalized spacial score (nSPS) is 22.3. The number of unbranched alkanes of at least 4 members (excludes halogenated alkanes) is 11. The molecule has 0 spiro atoms. The predicted octanol–water partition coefficient (Wildman–Crippen LogP) is 6.19. The lowest BCUT2D eigenvalue weighted by molar-refractivity contribution is -0.314. The fourth-order valence-corrected chi connectivity index (χ4v) is 6.66. The van der Waals surface area contributed by atoms with Gasteiger partial charge in [0.25, 0.3) is 0 Å². The summed E-state index contributed by atoms with van der Waals surface area (Å²) in [5, 5.41) is 18.5. The maximum absolute atomic E-state index is 13.4. The fraction of sp³-hybridized carbons (Fsp3) is 0.914. The molecule has 2 amide bonds. The minimum absolute atomic E-state index is 0.0989.